The van der Waals surface area contributed by atoms with Gasteiger partial charge in [-0.05, 0) is 26.3 Å². The second-order valence-corrected chi connectivity index (χ2v) is 6.18. The van der Waals surface area contributed by atoms with Crippen LogP contribution in [0.1, 0.15) is 19.3 Å². The fourth-order valence-electron chi connectivity index (χ4n) is 1.85. The third-order valence-corrected chi connectivity index (χ3v) is 4.90. The van der Waals surface area contributed by atoms with Crippen molar-refractivity contribution < 1.29 is 130 Å². The summed E-state index contributed by atoms with van der Waals surface area (Å²) < 4.78 is 36.8. The summed E-state index contributed by atoms with van der Waals surface area (Å²) in [4.78, 5) is 0. The van der Waals surface area contributed by atoms with Crippen molar-refractivity contribution in [1.82, 2.24) is 5.32 Å². The zero-order valence-electron chi connectivity index (χ0n) is 10.6. The molecule has 11 heteroatoms. The summed E-state index contributed by atoms with van der Waals surface area (Å²) in [5.74, 6) is 0. The van der Waals surface area contributed by atoms with Crippen molar-refractivity contribution in [2.45, 2.75) is 35.8 Å². The van der Waals surface area contributed by atoms with Crippen molar-refractivity contribution in [3.05, 3.63) is 0 Å². The van der Waals surface area contributed by atoms with Crippen LogP contribution in [0, 0.1) is 0 Å². The van der Waals surface area contributed by atoms with E-state index < -0.39 is 15.4 Å². The molecule has 1 aliphatic carbocycles. The van der Waals surface area contributed by atoms with Crippen molar-refractivity contribution in [2.75, 3.05) is 7.05 Å². The summed E-state index contributed by atoms with van der Waals surface area (Å²) >= 11 is 0.849. The third kappa shape index (κ3) is 8.12. The fourth-order valence-corrected chi connectivity index (χ4v) is 3.47. The van der Waals surface area contributed by atoms with Gasteiger partial charge in [-0.2, -0.15) is 4.33 Å². The van der Waals surface area contributed by atoms with E-state index in [1.165, 1.54) is 0 Å². The molecule has 1 rings (SSSR count). The predicted molar refractivity (Wildman–Crippen MR) is 53.7 cm³/mol. The van der Waals surface area contributed by atoms with Crippen molar-refractivity contribution in [2.24, 2.45) is 0 Å². The largest absolute Gasteiger partial charge is 1.00 e. The van der Waals surface area contributed by atoms with Crippen LogP contribution in [-0.2, 0) is 19.5 Å². The zero-order valence-corrected chi connectivity index (χ0v) is 18.5. The van der Waals surface area contributed by atoms with Crippen molar-refractivity contribution in [1.29, 1.82) is 0 Å². The first kappa shape index (κ1) is 23.6. The smallest absolute Gasteiger partial charge is 0.748 e. The second-order valence-electron chi connectivity index (χ2n) is 3.59. The van der Waals surface area contributed by atoms with Gasteiger partial charge in [-0.25, -0.2) is 8.42 Å². The minimum absolute atomic E-state index is 0. The molecule has 1 fully saturated rings. The van der Waals surface area contributed by atoms with Crippen LogP contribution in [0.25, 0.3) is 0 Å². The van der Waals surface area contributed by atoms with E-state index in [2.05, 4.69) is 14.7 Å². The van der Waals surface area contributed by atoms with Gasteiger partial charge in [0.1, 0.15) is 0 Å². The summed E-state index contributed by atoms with van der Waals surface area (Å²) in [6.45, 7) is 0. The molecule has 0 aliphatic heterocycles. The van der Waals surface area contributed by atoms with E-state index in [0.29, 0.717) is 6.42 Å². The van der Waals surface area contributed by atoms with E-state index in [9.17, 15) is 18.2 Å². The maximum Gasteiger partial charge on any atom is 1.00 e. The van der Waals surface area contributed by atoms with E-state index in [-0.39, 0.29) is 127 Å². The van der Waals surface area contributed by atoms with Crippen LogP contribution in [0.15, 0.2) is 0 Å². The minimum atomic E-state index is -4.25. The average Bonchev–Trinajstić information content (AvgIpc) is 2.24. The van der Waals surface area contributed by atoms with Crippen LogP contribution < -0.4 is 113 Å². The molecule has 0 spiro atoms. The molecule has 7 nitrogen and oxygen atoms in total. The molecule has 0 bridgehead atoms. The van der Waals surface area contributed by atoms with Gasteiger partial charge in [0.05, 0.1) is 15.4 Å². The summed E-state index contributed by atoms with van der Waals surface area (Å²) in [7, 11) is -2.58. The Morgan fingerprint density at radius 1 is 1.33 bits per heavy atom. The van der Waals surface area contributed by atoms with Crippen LogP contribution >= 0.6 is 12.0 Å². The van der Waals surface area contributed by atoms with Crippen LogP contribution in [-0.4, -0.2) is 36.6 Å². The van der Waals surface area contributed by atoms with Crippen LogP contribution in [0.3, 0.4) is 0 Å². The predicted octanol–water partition coefficient (Wildman–Crippen LogP) is -7.08. The Balaban J connectivity index is 0. The molecular weight excluding hydrogens is 336 g/mol. The Morgan fingerprint density at radius 2 is 1.94 bits per heavy atom. The zero-order chi connectivity index (χ0) is 12.2. The third-order valence-electron chi connectivity index (χ3n) is 2.71. The Kier molecular flexibility index (Phi) is 15.6. The normalized spacial score (nSPS) is 28.1. The molecule has 0 aromatic heterocycles. The van der Waals surface area contributed by atoms with E-state index >= 15 is 0 Å². The fraction of sp³-hybridized carbons (Fsp3) is 1.00. The average molecular weight is 350 g/mol. The van der Waals surface area contributed by atoms with Gasteiger partial charge in [0.15, 0.2) is 0 Å². The van der Waals surface area contributed by atoms with Gasteiger partial charge in [0.25, 0.3) is 0 Å². The summed E-state index contributed by atoms with van der Waals surface area (Å²) in [5, 5.41) is 14.9. The number of rotatable bonds is 5. The monoisotopic (exact) mass is 349 g/mol. The van der Waals surface area contributed by atoms with Crippen molar-refractivity contribution >= 4 is 22.2 Å². The number of hydrogen-bond acceptors (Lipinski definition) is 8. The Hall–Kier alpha value is 3.37. The molecule has 1 N–H and O–H groups in total. The van der Waals surface area contributed by atoms with Gasteiger partial charge in [0.2, 0.25) is 0 Å². The molecule has 3 unspecified atom stereocenters. The Labute approximate surface area is 196 Å². The summed E-state index contributed by atoms with van der Waals surface area (Å²) in [6, 6.07) is -0.192. The SMILES string of the molecule is CNC1CC(S(=O)(=O)[O-])CCC1SOO[O-].[K+].[K+]. The maximum atomic E-state index is 10.9. The minimum Gasteiger partial charge on any atom is -0.748 e. The molecule has 0 aromatic rings. The quantitative estimate of drug-likeness (QED) is 0.171. The van der Waals surface area contributed by atoms with E-state index in [1.807, 2.05) is 0 Å². The van der Waals surface area contributed by atoms with Crippen LogP contribution in [0.5, 0.6) is 0 Å². The second kappa shape index (κ2) is 11.9. The van der Waals surface area contributed by atoms with Crippen molar-refractivity contribution in [3.63, 3.8) is 0 Å². The first-order valence-electron chi connectivity index (χ1n) is 4.73. The van der Waals surface area contributed by atoms with Crippen LogP contribution in [0.2, 0.25) is 0 Å². The molecule has 1 aliphatic rings. The molecule has 18 heavy (non-hydrogen) atoms. The molecule has 0 radical (unpaired) electrons. The molecule has 3 atom stereocenters. The standard InChI is InChI=1S/C7H15NO6S2.2K/c1-8-6-4-5(16(10,11)12)2-3-7(6)15-14-13-9;;/h5-9H,2-4H2,1H3,(H,10,11,12);;/q;2*+1/p-2. The van der Waals surface area contributed by atoms with Crippen LogP contribution in [0.4, 0.5) is 0 Å². The molecule has 0 amide bonds. The Morgan fingerprint density at radius 3 is 2.39 bits per heavy atom. The number of nitrogens with one attached hydrogen (secondary N) is 1. The summed E-state index contributed by atoms with van der Waals surface area (Å²) in [5.41, 5.74) is 0. The van der Waals surface area contributed by atoms with Gasteiger partial charge in [-0.3, -0.25) is 5.04 Å². The summed E-state index contributed by atoms with van der Waals surface area (Å²) in [6.07, 6.45) is 0.984. The van der Waals surface area contributed by atoms with Gasteiger partial charge in [0, 0.05) is 23.3 Å². The van der Waals surface area contributed by atoms with Gasteiger partial charge in [-0.15, -0.1) is 0 Å². The molecule has 96 valence electrons. The number of hydrogen-bond donors (Lipinski definition) is 1. The van der Waals surface area contributed by atoms with E-state index in [1.54, 1.807) is 7.05 Å². The topological polar surface area (TPSA) is 111 Å². The Bertz CT molecular complexity index is 317. The molecular formula is C7H13K2NO6S2. The first-order chi connectivity index (χ1) is 7.49. The van der Waals surface area contributed by atoms with Gasteiger partial charge < -0.3 is 15.1 Å². The maximum absolute atomic E-state index is 10.9. The van der Waals surface area contributed by atoms with E-state index in [0.717, 1.165) is 12.0 Å². The first-order valence-corrected chi connectivity index (χ1v) is 7.00. The van der Waals surface area contributed by atoms with Gasteiger partial charge in [-0.1, -0.05) is 0 Å². The van der Waals surface area contributed by atoms with E-state index in [4.69, 9.17) is 0 Å². The molecule has 0 heterocycles. The van der Waals surface area contributed by atoms with Crippen molar-refractivity contribution in [3.8, 4) is 0 Å². The van der Waals surface area contributed by atoms with Gasteiger partial charge >= 0.3 is 103 Å². The molecule has 0 aromatic carbocycles. The molecule has 1 saturated carbocycles. The molecule has 0 saturated heterocycles.